The fourth-order valence-electron chi connectivity index (χ4n) is 3.36. The zero-order chi connectivity index (χ0) is 21.4. The Kier molecular flexibility index (Phi) is 4.76. The zero-order valence-electron chi connectivity index (χ0n) is 16.4. The maximum absolute atomic E-state index is 13.0. The van der Waals surface area contributed by atoms with Gasteiger partial charge in [0.05, 0.1) is 5.02 Å². The van der Waals surface area contributed by atoms with Crippen LogP contribution in [0.4, 0.5) is 5.69 Å². The third kappa shape index (κ3) is 3.58. The highest BCUT2D eigenvalue weighted by Gasteiger charge is 2.23. The van der Waals surface area contributed by atoms with E-state index in [1.54, 1.807) is 31.2 Å². The van der Waals surface area contributed by atoms with Crippen LogP contribution in [0, 0.1) is 6.92 Å². The van der Waals surface area contributed by atoms with Gasteiger partial charge in [-0.25, -0.2) is 4.98 Å². The summed E-state index contributed by atoms with van der Waals surface area (Å²) in [7, 11) is 0. The molecule has 2 aromatic heterocycles. The Morgan fingerprint density at radius 1 is 0.968 bits per heavy atom. The van der Waals surface area contributed by atoms with Gasteiger partial charge in [0.15, 0.2) is 5.58 Å². The smallest absolute Gasteiger partial charge is 0.261 e. The summed E-state index contributed by atoms with van der Waals surface area (Å²) < 4.78 is 11.1. The Balaban J connectivity index is 1.40. The number of halogens is 1. The second-order valence-corrected chi connectivity index (χ2v) is 7.37. The number of aromatic nitrogens is 2. The van der Waals surface area contributed by atoms with Gasteiger partial charge in [0.25, 0.3) is 5.91 Å². The number of benzene rings is 3. The van der Waals surface area contributed by atoms with Gasteiger partial charge in [-0.15, -0.1) is 0 Å². The molecule has 0 radical (unpaired) electrons. The molecule has 31 heavy (non-hydrogen) atoms. The van der Waals surface area contributed by atoms with E-state index in [2.05, 4.69) is 15.5 Å². The highest BCUT2D eigenvalue weighted by atomic mass is 35.5. The van der Waals surface area contributed by atoms with Crippen molar-refractivity contribution < 1.29 is 13.7 Å². The first-order valence-electron chi connectivity index (χ1n) is 9.58. The lowest BCUT2D eigenvalue weighted by Gasteiger charge is -2.07. The number of hydrogen-bond donors (Lipinski definition) is 1. The predicted molar refractivity (Wildman–Crippen MR) is 119 cm³/mol. The van der Waals surface area contributed by atoms with Crippen molar-refractivity contribution in [2.45, 2.75) is 6.92 Å². The highest BCUT2D eigenvalue weighted by Crippen LogP contribution is 2.32. The number of fused-ring (bicyclic) bond motifs is 1. The lowest BCUT2D eigenvalue weighted by atomic mass is 10.1. The Labute approximate surface area is 182 Å². The minimum atomic E-state index is -0.330. The van der Waals surface area contributed by atoms with Crippen LogP contribution in [-0.4, -0.2) is 16.0 Å². The van der Waals surface area contributed by atoms with Gasteiger partial charge in [-0.3, -0.25) is 4.79 Å². The molecule has 0 atom stereocenters. The van der Waals surface area contributed by atoms with Crippen LogP contribution in [0.3, 0.4) is 0 Å². The SMILES string of the molecule is Cc1onc(-c2ccccc2Cl)c1C(=O)Nc1ccc(-c2nc3ccccc3o2)cc1. The number of carbonyl (C=O) groups is 1. The second-order valence-electron chi connectivity index (χ2n) is 6.96. The van der Waals surface area contributed by atoms with E-state index in [0.29, 0.717) is 39.2 Å². The number of oxazole rings is 1. The van der Waals surface area contributed by atoms with Crippen LogP contribution in [0.25, 0.3) is 33.8 Å². The molecule has 0 saturated carbocycles. The molecule has 0 bridgehead atoms. The maximum atomic E-state index is 13.0. The predicted octanol–water partition coefficient (Wildman–Crippen LogP) is 6.36. The fraction of sp³-hybridized carbons (Fsp3) is 0.0417. The second kappa shape index (κ2) is 7.74. The van der Waals surface area contributed by atoms with Crippen molar-refractivity contribution in [1.29, 1.82) is 0 Å². The summed E-state index contributed by atoms with van der Waals surface area (Å²) in [6, 6.07) is 22.0. The van der Waals surface area contributed by atoms with E-state index < -0.39 is 0 Å². The average Bonchev–Trinajstić information content (AvgIpc) is 3.38. The van der Waals surface area contributed by atoms with Crippen molar-refractivity contribution in [3.05, 3.63) is 89.1 Å². The monoisotopic (exact) mass is 429 g/mol. The number of nitrogens with zero attached hydrogens (tertiary/aromatic N) is 2. The molecule has 6 nitrogen and oxygen atoms in total. The number of rotatable bonds is 4. The van der Waals surface area contributed by atoms with Gasteiger partial charge >= 0.3 is 0 Å². The Hall–Kier alpha value is -3.90. The number of anilines is 1. The molecule has 5 rings (SSSR count). The van der Waals surface area contributed by atoms with Gasteiger partial charge in [-0.1, -0.05) is 47.1 Å². The van der Waals surface area contributed by atoms with E-state index in [-0.39, 0.29) is 5.91 Å². The third-order valence-corrected chi connectivity index (χ3v) is 5.23. The van der Waals surface area contributed by atoms with Crippen LogP contribution in [-0.2, 0) is 0 Å². The van der Waals surface area contributed by atoms with Crippen molar-refractivity contribution in [3.8, 4) is 22.7 Å². The molecular weight excluding hydrogens is 414 g/mol. The molecule has 3 aromatic carbocycles. The highest BCUT2D eigenvalue weighted by molar-refractivity contribution is 6.33. The Bertz CT molecular complexity index is 1370. The molecular formula is C24H16ClN3O3. The number of aryl methyl sites for hydroxylation is 1. The zero-order valence-corrected chi connectivity index (χ0v) is 17.2. The first kappa shape index (κ1) is 19.1. The van der Waals surface area contributed by atoms with E-state index in [1.165, 1.54) is 0 Å². The van der Waals surface area contributed by atoms with Crippen LogP contribution >= 0.6 is 11.6 Å². The van der Waals surface area contributed by atoms with Gasteiger partial charge < -0.3 is 14.3 Å². The first-order chi connectivity index (χ1) is 15.1. The molecule has 5 aromatic rings. The number of hydrogen-bond acceptors (Lipinski definition) is 5. The molecule has 2 heterocycles. The number of amides is 1. The first-order valence-corrected chi connectivity index (χ1v) is 9.96. The molecule has 0 spiro atoms. The van der Waals surface area contributed by atoms with Crippen LogP contribution < -0.4 is 5.32 Å². The lowest BCUT2D eigenvalue weighted by Crippen LogP contribution is -2.13. The van der Waals surface area contributed by atoms with Crippen LogP contribution in [0.5, 0.6) is 0 Å². The largest absolute Gasteiger partial charge is 0.436 e. The Morgan fingerprint density at radius 2 is 1.71 bits per heavy atom. The van der Waals surface area contributed by atoms with E-state index >= 15 is 0 Å². The summed E-state index contributed by atoms with van der Waals surface area (Å²) >= 11 is 6.28. The van der Waals surface area contributed by atoms with E-state index in [4.69, 9.17) is 20.5 Å². The quantitative estimate of drug-likeness (QED) is 0.359. The van der Waals surface area contributed by atoms with Crippen LogP contribution in [0.2, 0.25) is 5.02 Å². The van der Waals surface area contributed by atoms with Crippen molar-refractivity contribution in [2.24, 2.45) is 0 Å². The minimum absolute atomic E-state index is 0.330. The van der Waals surface area contributed by atoms with E-state index in [9.17, 15) is 4.79 Å². The molecule has 0 aliphatic heterocycles. The van der Waals surface area contributed by atoms with Crippen molar-refractivity contribution in [2.75, 3.05) is 5.32 Å². The maximum Gasteiger partial charge on any atom is 0.261 e. The summed E-state index contributed by atoms with van der Waals surface area (Å²) in [4.78, 5) is 17.5. The summed E-state index contributed by atoms with van der Waals surface area (Å²) in [6.45, 7) is 1.69. The number of nitrogens with one attached hydrogen (secondary N) is 1. The Morgan fingerprint density at radius 3 is 2.48 bits per heavy atom. The molecule has 1 amide bonds. The lowest BCUT2D eigenvalue weighted by molar-refractivity contribution is 0.102. The van der Waals surface area contributed by atoms with Crippen LogP contribution in [0.15, 0.2) is 81.7 Å². The molecule has 1 N–H and O–H groups in total. The van der Waals surface area contributed by atoms with Gasteiger partial charge in [-0.05, 0) is 49.4 Å². The summed E-state index contributed by atoms with van der Waals surface area (Å²) in [5.41, 5.74) is 4.34. The van der Waals surface area contributed by atoms with E-state index in [0.717, 1.165) is 16.7 Å². The summed E-state index contributed by atoms with van der Waals surface area (Å²) in [6.07, 6.45) is 0. The molecule has 152 valence electrons. The molecule has 0 aliphatic carbocycles. The van der Waals surface area contributed by atoms with Gasteiger partial charge in [0, 0.05) is 16.8 Å². The fourth-order valence-corrected chi connectivity index (χ4v) is 3.59. The number of para-hydroxylation sites is 2. The number of carbonyl (C=O) groups excluding carboxylic acids is 1. The van der Waals surface area contributed by atoms with Gasteiger partial charge in [0.1, 0.15) is 22.5 Å². The van der Waals surface area contributed by atoms with E-state index in [1.807, 2.05) is 48.5 Å². The summed E-state index contributed by atoms with van der Waals surface area (Å²) in [5.74, 6) is 0.605. The van der Waals surface area contributed by atoms with Gasteiger partial charge in [0.2, 0.25) is 5.89 Å². The molecule has 0 unspecified atom stereocenters. The molecule has 0 fully saturated rings. The molecule has 0 saturated heterocycles. The standard InChI is InChI=1S/C24H16ClN3O3/c1-14-21(22(28-31-14)17-6-2-3-7-18(17)25)23(29)26-16-12-10-15(11-13-16)24-27-19-8-4-5-9-20(19)30-24/h2-13H,1H3,(H,26,29). The topological polar surface area (TPSA) is 81.2 Å². The normalized spacial score (nSPS) is 11.0. The molecule has 7 heteroatoms. The van der Waals surface area contributed by atoms with Crippen molar-refractivity contribution >= 4 is 34.3 Å². The third-order valence-electron chi connectivity index (χ3n) is 4.90. The van der Waals surface area contributed by atoms with Crippen LogP contribution in [0.1, 0.15) is 16.1 Å². The van der Waals surface area contributed by atoms with Crippen molar-refractivity contribution in [1.82, 2.24) is 10.1 Å². The minimum Gasteiger partial charge on any atom is -0.436 e. The molecule has 0 aliphatic rings. The van der Waals surface area contributed by atoms with Crippen molar-refractivity contribution in [3.63, 3.8) is 0 Å². The van der Waals surface area contributed by atoms with Gasteiger partial charge in [-0.2, -0.15) is 0 Å². The average molecular weight is 430 g/mol. The summed E-state index contributed by atoms with van der Waals surface area (Å²) in [5, 5.41) is 7.42.